The summed E-state index contributed by atoms with van der Waals surface area (Å²) in [5.74, 6) is -5.82. The Balaban J connectivity index is 0.855. The number of ether oxygens (including phenoxy) is 2. The molecule has 6 N–H and O–H groups in total. The van der Waals surface area contributed by atoms with Gasteiger partial charge in [0.2, 0.25) is 29.5 Å². The van der Waals surface area contributed by atoms with Gasteiger partial charge in [0.1, 0.15) is 41.6 Å². The number of halogens is 3. The Bertz CT molecular complexity index is 2960. The molecule has 5 aliphatic heterocycles. The van der Waals surface area contributed by atoms with E-state index in [2.05, 4.69) is 80.7 Å². The lowest BCUT2D eigenvalue weighted by atomic mass is 9.80. The van der Waals surface area contributed by atoms with Crippen LogP contribution in [0.4, 0.5) is 30.2 Å². The zero-order valence-corrected chi connectivity index (χ0v) is 47.5. The third-order valence-electron chi connectivity index (χ3n) is 16.9. The molecule has 7 atom stereocenters. The number of nitrogens with zero attached hydrogens (tertiary/aromatic N) is 4. The smallest absolute Gasteiger partial charge is 0.252 e. The molecule has 5 aliphatic rings. The molecule has 2 unspecified atom stereocenters. The summed E-state index contributed by atoms with van der Waals surface area (Å²) in [6, 6.07) is 18.0. The Morgan fingerprint density at radius 3 is 2.33 bits per heavy atom. The molecule has 18 nitrogen and oxygen atoms in total. The van der Waals surface area contributed by atoms with Gasteiger partial charge in [-0.2, -0.15) is 0 Å². The predicted octanol–water partition coefficient (Wildman–Crippen LogP) is 5.15. The molecule has 4 aromatic rings. The number of amides is 6. The Hall–Kier alpha value is -6.75. The van der Waals surface area contributed by atoms with Gasteiger partial charge in [-0.25, -0.2) is 13.2 Å². The summed E-state index contributed by atoms with van der Waals surface area (Å²) >= 11 is 0. The van der Waals surface area contributed by atoms with Crippen LogP contribution in [0.3, 0.4) is 0 Å². The van der Waals surface area contributed by atoms with Gasteiger partial charge in [0, 0.05) is 93.9 Å². The number of hydrogen-bond donors (Lipinski definition) is 6. The van der Waals surface area contributed by atoms with Gasteiger partial charge in [-0.1, -0.05) is 43.3 Å². The van der Waals surface area contributed by atoms with E-state index in [9.17, 15) is 41.9 Å². The topological polar surface area (TPSA) is 206 Å². The molecule has 3 fully saturated rings. The second-order valence-electron chi connectivity index (χ2n) is 23.0. The summed E-state index contributed by atoms with van der Waals surface area (Å²) in [4.78, 5) is 91.9. The van der Waals surface area contributed by atoms with Crippen molar-refractivity contribution in [2.24, 2.45) is 5.92 Å². The van der Waals surface area contributed by atoms with E-state index in [0.717, 1.165) is 66.8 Å². The van der Waals surface area contributed by atoms with Gasteiger partial charge >= 0.3 is 0 Å². The summed E-state index contributed by atoms with van der Waals surface area (Å²) in [6.45, 7) is 14.2. The van der Waals surface area contributed by atoms with Gasteiger partial charge in [0.25, 0.3) is 5.91 Å². The molecule has 0 bridgehead atoms. The van der Waals surface area contributed by atoms with E-state index in [1.54, 1.807) is 38.2 Å². The van der Waals surface area contributed by atoms with Crippen LogP contribution in [0.5, 0.6) is 0 Å². The predicted molar refractivity (Wildman–Crippen MR) is 304 cm³/mol. The molecule has 440 valence electrons. The third-order valence-corrected chi connectivity index (χ3v) is 16.9. The third kappa shape index (κ3) is 14.2. The molecular weight excluding hydrogens is 1060 g/mol. The van der Waals surface area contributed by atoms with Crippen molar-refractivity contribution in [2.45, 2.75) is 114 Å². The highest BCUT2D eigenvalue weighted by molar-refractivity contribution is 6.04. The maximum Gasteiger partial charge on any atom is 0.252 e. The van der Waals surface area contributed by atoms with E-state index in [-0.39, 0.29) is 66.7 Å². The zero-order valence-electron chi connectivity index (χ0n) is 47.5. The number of rotatable bonds is 20. The van der Waals surface area contributed by atoms with E-state index >= 15 is 0 Å². The van der Waals surface area contributed by atoms with Crippen LogP contribution >= 0.6 is 0 Å². The molecule has 4 aromatic carbocycles. The fourth-order valence-electron chi connectivity index (χ4n) is 12.1. The molecule has 0 radical (unpaired) electrons. The summed E-state index contributed by atoms with van der Waals surface area (Å²) in [5, 5.41) is 17.3. The minimum Gasteiger partial charge on any atom is -0.381 e. The second-order valence-corrected chi connectivity index (χ2v) is 23.0. The number of hydrogen-bond acceptors (Lipinski definition) is 12. The Labute approximate surface area is 477 Å². The monoisotopic (exact) mass is 1130 g/mol. The van der Waals surface area contributed by atoms with Crippen LogP contribution in [0.1, 0.15) is 93.7 Å². The number of carbonyl (C=O) groups excluding carboxylic acids is 6. The molecule has 5 heterocycles. The van der Waals surface area contributed by atoms with Crippen LogP contribution in [0.15, 0.2) is 78.9 Å². The number of piperazine rings is 1. The van der Waals surface area contributed by atoms with Gasteiger partial charge in [0.05, 0.1) is 25.8 Å². The van der Waals surface area contributed by atoms with Crippen LogP contribution in [0.25, 0.3) is 0 Å². The number of benzene rings is 4. The van der Waals surface area contributed by atoms with Crippen LogP contribution < -0.4 is 36.8 Å². The first-order valence-corrected chi connectivity index (χ1v) is 28.7. The highest BCUT2D eigenvalue weighted by Crippen LogP contribution is 2.45. The van der Waals surface area contributed by atoms with E-state index in [1.165, 1.54) is 23.1 Å². The second kappa shape index (κ2) is 26.7. The average molecular weight is 1140 g/mol. The molecule has 3 saturated heterocycles. The lowest BCUT2D eigenvalue weighted by molar-refractivity contribution is -0.144. The number of fused-ring (bicyclic) bond motifs is 2. The van der Waals surface area contributed by atoms with Crippen molar-refractivity contribution in [2.75, 3.05) is 94.8 Å². The number of carbonyl (C=O) groups is 6. The highest BCUT2D eigenvalue weighted by Gasteiger charge is 2.45. The molecule has 0 saturated carbocycles. The summed E-state index contributed by atoms with van der Waals surface area (Å²) in [6.07, 6.45) is 2.08. The standard InChI is InChI=1S/C61H77F3N10O8/c1-37-31-72(46(30-67-37)33-71-22-25-82-35-38(71)2)34-54(77)74-36-61(4,48-17-12-41(27-51(48)74)26-40-10-14-44(62)15-11-40)20-7-21-66-52(75)29-53(76)68-45-16-13-43-32-73(57(47(43)28-45)59(79)70-56-49(63)8-6-9-50(56)64)60(80)55(42-18-23-81-24-19-42)69-58(78)39(3)65-5/h6,8-17,27-28,37-39,42,46,55,57,65,67H,7,18-26,29-36H2,1-5H3,(H,66,75)(H,68,76)(H,69,78)(H,70,79)/t37-,38-,39+,46-,55?,57+,61?/m1/s1. The number of likely N-dealkylation sites (N-methyl/N-ethyl adjacent to an activating group) is 1. The maximum absolute atomic E-state index is 15.0. The number of nitrogens with one attached hydrogen (secondary N) is 6. The largest absolute Gasteiger partial charge is 0.381 e. The van der Waals surface area contributed by atoms with Gasteiger partial charge < -0.3 is 51.2 Å². The van der Waals surface area contributed by atoms with Crippen molar-refractivity contribution in [3.05, 3.63) is 124 Å². The van der Waals surface area contributed by atoms with Crippen molar-refractivity contribution < 1.29 is 51.4 Å². The summed E-state index contributed by atoms with van der Waals surface area (Å²) in [7, 11) is 1.61. The number of para-hydroxylation sites is 1. The minimum atomic E-state index is -1.44. The van der Waals surface area contributed by atoms with Crippen molar-refractivity contribution in [3.63, 3.8) is 0 Å². The fraction of sp³-hybridized carbons (Fsp3) is 0.508. The quantitative estimate of drug-likeness (QED) is 0.0503. The molecule has 0 spiro atoms. The van der Waals surface area contributed by atoms with Gasteiger partial charge in [-0.3, -0.25) is 38.6 Å². The van der Waals surface area contributed by atoms with Crippen molar-refractivity contribution in [1.29, 1.82) is 0 Å². The van der Waals surface area contributed by atoms with E-state index < -0.39 is 76.8 Å². The molecule has 6 amide bonds. The minimum absolute atomic E-state index is 0.00273. The number of anilines is 3. The number of morpholine rings is 1. The van der Waals surface area contributed by atoms with Crippen LogP contribution in [-0.4, -0.2) is 160 Å². The first-order chi connectivity index (χ1) is 39.4. The normalized spacial score (nSPS) is 22.9. The Morgan fingerprint density at radius 1 is 0.854 bits per heavy atom. The summed E-state index contributed by atoms with van der Waals surface area (Å²) < 4.78 is 55.1. The molecule has 21 heteroatoms. The highest BCUT2D eigenvalue weighted by atomic mass is 19.1. The van der Waals surface area contributed by atoms with E-state index in [0.29, 0.717) is 70.6 Å². The van der Waals surface area contributed by atoms with Crippen molar-refractivity contribution in [1.82, 2.24) is 36.0 Å². The molecule has 9 rings (SSSR count). The van der Waals surface area contributed by atoms with Crippen molar-refractivity contribution >= 4 is 52.5 Å². The van der Waals surface area contributed by atoms with Gasteiger partial charge in [0.15, 0.2) is 0 Å². The maximum atomic E-state index is 15.0. The molecule has 0 aromatic heterocycles. The van der Waals surface area contributed by atoms with Gasteiger partial charge in [-0.05, 0) is 136 Å². The fourth-order valence-corrected chi connectivity index (χ4v) is 12.1. The van der Waals surface area contributed by atoms with Crippen molar-refractivity contribution in [3.8, 4) is 0 Å². The average Bonchev–Trinajstić information content (AvgIpc) is 3.17. The summed E-state index contributed by atoms with van der Waals surface area (Å²) in [5.41, 5.74) is 3.62. The zero-order chi connectivity index (χ0) is 58.2. The van der Waals surface area contributed by atoms with Gasteiger partial charge in [-0.15, -0.1) is 0 Å². The SMILES string of the molecule is CN[C@@H](C)C(=O)NC(C(=O)N1Cc2ccc(NC(=O)CC(=O)NCCCC3(C)CN(C(=O)CN4C[C@@H](C)NC[C@@H]4CN4CCOC[C@H]4C)c4cc(Cc5ccc(F)cc5)ccc43)cc2[C@H]1C(=O)Nc1c(F)cccc1F)C1CCOCC1. The Kier molecular flexibility index (Phi) is 19.5. The molecular formula is C61H77F3N10O8. The lowest BCUT2D eigenvalue weighted by Crippen LogP contribution is -2.62. The van der Waals surface area contributed by atoms with Crippen LogP contribution in [0, 0.1) is 23.4 Å². The first kappa shape index (κ1) is 59.9. The van der Waals surface area contributed by atoms with Crippen LogP contribution in [0.2, 0.25) is 0 Å². The Morgan fingerprint density at radius 2 is 1.60 bits per heavy atom. The molecule has 82 heavy (non-hydrogen) atoms. The van der Waals surface area contributed by atoms with Crippen LogP contribution in [-0.2, 0) is 56.6 Å². The molecule has 0 aliphatic carbocycles. The first-order valence-electron chi connectivity index (χ1n) is 28.7. The van der Waals surface area contributed by atoms with E-state index in [4.69, 9.17) is 9.47 Å². The van der Waals surface area contributed by atoms with E-state index in [1.807, 2.05) is 4.90 Å². The lowest BCUT2D eigenvalue weighted by Gasteiger charge is -2.43.